The summed E-state index contributed by atoms with van der Waals surface area (Å²) < 4.78 is 13.5. The number of piperazine rings is 1. The number of carbonyl (C=O) groups excluding carboxylic acids is 2. The van der Waals surface area contributed by atoms with Crippen LogP contribution in [0, 0.1) is 12.7 Å². The van der Waals surface area contributed by atoms with Crippen LogP contribution in [0.3, 0.4) is 0 Å². The maximum atomic E-state index is 13.5. The zero-order valence-corrected chi connectivity index (χ0v) is 12.7. The summed E-state index contributed by atoms with van der Waals surface area (Å²) in [5, 5.41) is 0. The van der Waals surface area contributed by atoms with Crippen LogP contribution in [0.5, 0.6) is 0 Å². The maximum Gasteiger partial charge on any atom is 0.254 e. The van der Waals surface area contributed by atoms with Gasteiger partial charge >= 0.3 is 0 Å². The predicted octanol–water partition coefficient (Wildman–Crippen LogP) is 0.799. The lowest BCUT2D eigenvalue weighted by molar-refractivity contribution is -0.131. The Morgan fingerprint density at radius 1 is 1.19 bits per heavy atom. The molecule has 21 heavy (non-hydrogen) atoms. The van der Waals surface area contributed by atoms with Crippen molar-refractivity contribution in [2.24, 2.45) is 5.73 Å². The third kappa shape index (κ3) is 3.92. The van der Waals surface area contributed by atoms with Crippen LogP contribution in [-0.2, 0) is 4.79 Å². The van der Waals surface area contributed by atoms with Crippen LogP contribution >= 0.6 is 12.4 Å². The molecule has 0 aliphatic carbocycles. The number of halogens is 2. The van der Waals surface area contributed by atoms with Gasteiger partial charge in [-0.3, -0.25) is 9.59 Å². The molecule has 7 heteroatoms. The lowest BCUT2D eigenvalue weighted by Crippen LogP contribution is -2.51. The molecule has 0 unspecified atom stereocenters. The monoisotopic (exact) mass is 315 g/mol. The lowest BCUT2D eigenvalue weighted by atomic mass is 10.1. The average Bonchev–Trinajstić information content (AvgIpc) is 2.48. The van der Waals surface area contributed by atoms with Gasteiger partial charge in [-0.2, -0.15) is 0 Å². The van der Waals surface area contributed by atoms with Crippen molar-refractivity contribution in [1.82, 2.24) is 9.80 Å². The molecule has 1 saturated heterocycles. The molecule has 1 aromatic carbocycles. The SMILES string of the molecule is Cc1ccc(C(=O)N2CCN(C(=O)CN)CC2)cc1F.Cl. The van der Waals surface area contributed by atoms with Crippen LogP contribution < -0.4 is 5.73 Å². The zero-order chi connectivity index (χ0) is 14.7. The number of amides is 2. The van der Waals surface area contributed by atoms with E-state index in [-0.39, 0.29) is 36.6 Å². The van der Waals surface area contributed by atoms with Gasteiger partial charge in [-0.1, -0.05) is 6.07 Å². The largest absolute Gasteiger partial charge is 0.338 e. The first-order valence-electron chi connectivity index (χ1n) is 6.56. The van der Waals surface area contributed by atoms with Gasteiger partial charge in [-0.05, 0) is 24.6 Å². The Labute approximate surface area is 129 Å². The van der Waals surface area contributed by atoms with Crippen LogP contribution in [-0.4, -0.2) is 54.3 Å². The van der Waals surface area contributed by atoms with Crippen molar-refractivity contribution in [3.05, 3.63) is 35.1 Å². The van der Waals surface area contributed by atoms with E-state index in [2.05, 4.69) is 0 Å². The second-order valence-electron chi connectivity index (χ2n) is 4.84. The van der Waals surface area contributed by atoms with Crippen molar-refractivity contribution in [1.29, 1.82) is 0 Å². The Balaban J connectivity index is 0.00000220. The highest BCUT2D eigenvalue weighted by molar-refractivity contribution is 5.94. The van der Waals surface area contributed by atoms with Crippen molar-refractivity contribution in [2.75, 3.05) is 32.7 Å². The molecule has 1 aromatic rings. The first kappa shape index (κ1) is 17.4. The fraction of sp³-hybridized carbons (Fsp3) is 0.429. The summed E-state index contributed by atoms with van der Waals surface area (Å²) in [7, 11) is 0. The molecule has 2 amide bonds. The quantitative estimate of drug-likeness (QED) is 0.878. The van der Waals surface area contributed by atoms with E-state index in [4.69, 9.17) is 5.73 Å². The van der Waals surface area contributed by atoms with Gasteiger partial charge < -0.3 is 15.5 Å². The molecule has 0 saturated carbocycles. The van der Waals surface area contributed by atoms with Gasteiger partial charge in [0.05, 0.1) is 6.54 Å². The molecular formula is C14H19ClFN3O2. The van der Waals surface area contributed by atoms with Crippen LogP contribution in [0.4, 0.5) is 4.39 Å². The number of carbonyl (C=O) groups is 2. The summed E-state index contributed by atoms with van der Waals surface area (Å²) in [6, 6.07) is 4.48. The van der Waals surface area contributed by atoms with Crippen LogP contribution in [0.2, 0.25) is 0 Å². The number of aryl methyl sites for hydroxylation is 1. The maximum absolute atomic E-state index is 13.5. The Morgan fingerprint density at radius 2 is 1.76 bits per heavy atom. The third-order valence-electron chi connectivity index (χ3n) is 3.51. The number of rotatable bonds is 2. The molecule has 0 atom stereocenters. The van der Waals surface area contributed by atoms with E-state index >= 15 is 0 Å². The minimum absolute atomic E-state index is 0. The van der Waals surface area contributed by atoms with Gasteiger partial charge in [-0.25, -0.2) is 4.39 Å². The topological polar surface area (TPSA) is 66.6 Å². The standard InChI is InChI=1S/C14H18FN3O2.ClH/c1-10-2-3-11(8-12(10)15)14(20)18-6-4-17(5-7-18)13(19)9-16;/h2-3,8H,4-7,9,16H2,1H3;1H. The number of hydrogen-bond donors (Lipinski definition) is 1. The second-order valence-corrected chi connectivity index (χ2v) is 4.84. The first-order chi connectivity index (χ1) is 9.52. The molecule has 1 aliphatic rings. The average molecular weight is 316 g/mol. The van der Waals surface area contributed by atoms with E-state index in [0.717, 1.165) is 0 Å². The zero-order valence-electron chi connectivity index (χ0n) is 11.8. The van der Waals surface area contributed by atoms with Crippen molar-refractivity contribution in [3.63, 3.8) is 0 Å². The predicted molar refractivity (Wildman–Crippen MR) is 79.9 cm³/mol. The fourth-order valence-electron chi connectivity index (χ4n) is 2.20. The van der Waals surface area contributed by atoms with Gasteiger partial charge in [0, 0.05) is 31.7 Å². The van der Waals surface area contributed by atoms with Gasteiger partial charge in [-0.15, -0.1) is 12.4 Å². The normalized spacial score (nSPS) is 14.6. The molecule has 1 heterocycles. The molecule has 2 N–H and O–H groups in total. The van der Waals surface area contributed by atoms with E-state index in [0.29, 0.717) is 37.3 Å². The molecule has 1 fully saturated rings. The molecule has 116 valence electrons. The number of hydrogen-bond acceptors (Lipinski definition) is 3. The Kier molecular flexibility index (Phi) is 6.11. The van der Waals surface area contributed by atoms with Crippen molar-refractivity contribution in [2.45, 2.75) is 6.92 Å². The van der Waals surface area contributed by atoms with Crippen LogP contribution in [0.1, 0.15) is 15.9 Å². The molecule has 1 aliphatic heterocycles. The summed E-state index contributed by atoms with van der Waals surface area (Å²) in [5.41, 5.74) is 6.16. The summed E-state index contributed by atoms with van der Waals surface area (Å²) in [4.78, 5) is 27.0. The highest BCUT2D eigenvalue weighted by atomic mass is 35.5. The Hall–Kier alpha value is -1.66. The molecular weight excluding hydrogens is 297 g/mol. The minimum atomic E-state index is -0.382. The van der Waals surface area contributed by atoms with Crippen molar-refractivity contribution < 1.29 is 14.0 Å². The van der Waals surface area contributed by atoms with Crippen molar-refractivity contribution >= 4 is 24.2 Å². The first-order valence-corrected chi connectivity index (χ1v) is 6.56. The molecule has 2 rings (SSSR count). The molecule has 0 aromatic heterocycles. The fourth-order valence-corrected chi connectivity index (χ4v) is 2.20. The summed E-state index contributed by atoms with van der Waals surface area (Å²) in [6.45, 7) is 3.46. The summed E-state index contributed by atoms with van der Waals surface area (Å²) in [5.74, 6) is -0.699. The summed E-state index contributed by atoms with van der Waals surface area (Å²) >= 11 is 0. The van der Waals surface area contributed by atoms with Gasteiger partial charge in [0.1, 0.15) is 5.82 Å². The Bertz CT molecular complexity index is 531. The number of nitrogens with zero attached hydrogens (tertiary/aromatic N) is 2. The number of nitrogens with two attached hydrogens (primary N) is 1. The smallest absolute Gasteiger partial charge is 0.254 e. The van der Waals surface area contributed by atoms with E-state index in [1.165, 1.54) is 6.07 Å². The third-order valence-corrected chi connectivity index (χ3v) is 3.51. The highest BCUT2D eigenvalue weighted by Crippen LogP contribution is 2.13. The molecule has 0 bridgehead atoms. The van der Waals surface area contributed by atoms with Gasteiger partial charge in [0.15, 0.2) is 0 Å². The van der Waals surface area contributed by atoms with Gasteiger partial charge in [0.25, 0.3) is 5.91 Å². The highest BCUT2D eigenvalue weighted by Gasteiger charge is 2.24. The van der Waals surface area contributed by atoms with Crippen LogP contribution in [0.25, 0.3) is 0 Å². The van der Waals surface area contributed by atoms with E-state index in [9.17, 15) is 14.0 Å². The molecule has 0 spiro atoms. The minimum Gasteiger partial charge on any atom is -0.338 e. The lowest BCUT2D eigenvalue weighted by Gasteiger charge is -2.34. The van der Waals surface area contributed by atoms with Crippen molar-refractivity contribution in [3.8, 4) is 0 Å². The molecule has 0 radical (unpaired) electrons. The second kappa shape index (κ2) is 7.38. The van der Waals surface area contributed by atoms with E-state index in [1.807, 2.05) is 0 Å². The van der Waals surface area contributed by atoms with E-state index in [1.54, 1.807) is 28.9 Å². The van der Waals surface area contributed by atoms with E-state index < -0.39 is 0 Å². The van der Waals surface area contributed by atoms with Gasteiger partial charge in [0.2, 0.25) is 5.91 Å². The molecule has 5 nitrogen and oxygen atoms in total. The Morgan fingerprint density at radius 3 is 2.29 bits per heavy atom. The van der Waals surface area contributed by atoms with Crippen LogP contribution in [0.15, 0.2) is 18.2 Å². The number of benzene rings is 1. The summed E-state index contributed by atoms with van der Waals surface area (Å²) in [6.07, 6.45) is 0.